The maximum Gasteiger partial charge on any atom is 0.328 e. The van der Waals surface area contributed by atoms with Crippen molar-refractivity contribution in [1.82, 2.24) is 0 Å². The number of esters is 1. The van der Waals surface area contributed by atoms with Gasteiger partial charge in [0.25, 0.3) is 0 Å². The second-order valence-electron chi connectivity index (χ2n) is 3.16. The molecule has 0 aliphatic carbocycles. The molecule has 17 heavy (non-hydrogen) atoms. The van der Waals surface area contributed by atoms with Gasteiger partial charge in [0.05, 0.1) is 24.3 Å². The number of ether oxygens (including phenoxy) is 1. The fourth-order valence-corrected chi connectivity index (χ4v) is 1.31. The Kier molecular flexibility index (Phi) is 4.19. The lowest BCUT2D eigenvalue weighted by Gasteiger charge is -2.09. The lowest BCUT2D eigenvalue weighted by Crippen LogP contribution is -2.15. The summed E-state index contributed by atoms with van der Waals surface area (Å²) in [5.74, 6) is -2.86. The molecular formula is C12H9FN2O2. The molecule has 5 heteroatoms. The fourth-order valence-electron chi connectivity index (χ4n) is 1.31. The van der Waals surface area contributed by atoms with E-state index < -0.39 is 17.7 Å². The van der Waals surface area contributed by atoms with Gasteiger partial charge in [0, 0.05) is 5.56 Å². The Hall–Kier alpha value is -2.40. The number of carbonyl (C=O) groups is 1. The van der Waals surface area contributed by atoms with Crippen molar-refractivity contribution in [3.05, 3.63) is 35.1 Å². The molecule has 0 saturated carbocycles. The molecule has 1 atom stereocenters. The van der Waals surface area contributed by atoms with Crippen LogP contribution >= 0.6 is 0 Å². The van der Waals surface area contributed by atoms with Gasteiger partial charge in [-0.1, -0.05) is 6.07 Å². The molecule has 0 heterocycles. The van der Waals surface area contributed by atoms with Gasteiger partial charge < -0.3 is 4.74 Å². The van der Waals surface area contributed by atoms with E-state index in [4.69, 9.17) is 10.5 Å². The summed E-state index contributed by atoms with van der Waals surface area (Å²) in [6.07, 6.45) is 0. The third-order valence-corrected chi connectivity index (χ3v) is 2.09. The number of hydrogen-bond donors (Lipinski definition) is 0. The lowest BCUT2D eigenvalue weighted by molar-refractivity contribution is -0.143. The lowest BCUT2D eigenvalue weighted by atomic mass is 9.99. The second-order valence-corrected chi connectivity index (χ2v) is 3.16. The summed E-state index contributed by atoms with van der Waals surface area (Å²) < 4.78 is 18.2. The van der Waals surface area contributed by atoms with Crippen LogP contribution in [0.25, 0.3) is 0 Å². The van der Waals surface area contributed by atoms with Crippen LogP contribution in [0.5, 0.6) is 0 Å². The van der Waals surface area contributed by atoms with Crippen LogP contribution in [0.2, 0.25) is 0 Å². The van der Waals surface area contributed by atoms with Gasteiger partial charge in [0.1, 0.15) is 5.82 Å². The van der Waals surface area contributed by atoms with Crippen molar-refractivity contribution in [2.45, 2.75) is 12.8 Å². The van der Waals surface area contributed by atoms with E-state index in [1.807, 2.05) is 0 Å². The van der Waals surface area contributed by atoms with Crippen LogP contribution in [0, 0.1) is 28.5 Å². The molecule has 1 aromatic rings. The predicted molar refractivity (Wildman–Crippen MR) is 56.1 cm³/mol. The van der Waals surface area contributed by atoms with Crippen molar-refractivity contribution in [3.8, 4) is 12.1 Å². The standard InChI is InChI=1S/C12H9FN2O2/c1-2-17-12(16)10(7-15)9-4-3-8(6-14)5-11(9)13/h3-5,10H,2H2,1H3. The molecular weight excluding hydrogens is 223 g/mol. The first-order chi connectivity index (χ1) is 8.13. The highest BCUT2D eigenvalue weighted by Crippen LogP contribution is 2.21. The summed E-state index contributed by atoms with van der Waals surface area (Å²) in [4.78, 5) is 11.4. The first-order valence-corrected chi connectivity index (χ1v) is 4.89. The van der Waals surface area contributed by atoms with E-state index in [2.05, 4.69) is 4.74 Å². The zero-order valence-electron chi connectivity index (χ0n) is 9.11. The van der Waals surface area contributed by atoms with Crippen LogP contribution in [0.3, 0.4) is 0 Å². The molecule has 0 aliphatic heterocycles. The van der Waals surface area contributed by atoms with E-state index >= 15 is 0 Å². The van der Waals surface area contributed by atoms with Gasteiger partial charge in [0.15, 0.2) is 5.92 Å². The zero-order chi connectivity index (χ0) is 12.8. The Morgan fingerprint density at radius 1 is 1.53 bits per heavy atom. The molecule has 0 radical (unpaired) electrons. The van der Waals surface area contributed by atoms with Crippen molar-refractivity contribution in [1.29, 1.82) is 10.5 Å². The van der Waals surface area contributed by atoms with E-state index in [1.54, 1.807) is 19.1 Å². The molecule has 1 aromatic carbocycles. The first-order valence-electron chi connectivity index (χ1n) is 4.89. The van der Waals surface area contributed by atoms with E-state index in [0.717, 1.165) is 6.07 Å². The van der Waals surface area contributed by atoms with Crippen LogP contribution in [0.15, 0.2) is 18.2 Å². The smallest absolute Gasteiger partial charge is 0.328 e. The van der Waals surface area contributed by atoms with E-state index in [9.17, 15) is 9.18 Å². The van der Waals surface area contributed by atoms with Gasteiger partial charge >= 0.3 is 5.97 Å². The molecule has 0 spiro atoms. The summed E-state index contributed by atoms with van der Waals surface area (Å²) >= 11 is 0. The van der Waals surface area contributed by atoms with Gasteiger partial charge in [-0.3, -0.25) is 4.79 Å². The Morgan fingerprint density at radius 2 is 2.24 bits per heavy atom. The molecule has 0 amide bonds. The molecule has 0 bridgehead atoms. The molecule has 0 aromatic heterocycles. The maximum atomic E-state index is 13.6. The minimum atomic E-state index is -1.30. The van der Waals surface area contributed by atoms with E-state index in [1.165, 1.54) is 12.1 Å². The van der Waals surface area contributed by atoms with Gasteiger partial charge in [-0.15, -0.1) is 0 Å². The quantitative estimate of drug-likeness (QED) is 0.745. The molecule has 1 unspecified atom stereocenters. The van der Waals surface area contributed by atoms with Crippen LogP contribution < -0.4 is 0 Å². The summed E-state index contributed by atoms with van der Waals surface area (Å²) in [5, 5.41) is 17.4. The van der Waals surface area contributed by atoms with Crippen molar-refractivity contribution < 1.29 is 13.9 Å². The number of benzene rings is 1. The highest BCUT2D eigenvalue weighted by Gasteiger charge is 2.24. The molecule has 86 valence electrons. The maximum absolute atomic E-state index is 13.6. The minimum Gasteiger partial charge on any atom is -0.465 e. The topological polar surface area (TPSA) is 73.9 Å². The van der Waals surface area contributed by atoms with Crippen molar-refractivity contribution >= 4 is 5.97 Å². The molecule has 0 N–H and O–H groups in total. The average Bonchev–Trinajstić information content (AvgIpc) is 2.32. The Morgan fingerprint density at radius 3 is 2.71 bits per heavy atom. The second kappa shape index (κ2) is 5.62. The molecule has 0 fully saturated rings. The molecule has 0 aliphatic rings. The number of carbonyl (C=O) groups excluding carboxylic acids is 1. The van der Waals surface area contributed by atoms with Gasteiger partial charge in [0.2, 0.25) is 0 Å². The molecule has 1 rings (SSSR count). The zero-order valence-corrected chi connectivity index (χ0v) is 9.11. The highest BCUT2D eigenvalue weighted by atomic mass is 19.1. The minimum absolute atomic E-state index is 0.0787. The Labute approximate surface area is 97.8 Å². The van der Waals surface area contributed by atoms with Crippen LogP contribution in [-0.2, 0) is 9.53 Å². The number of nitrogens with zero attached hydrogens (tertiary/aromatic N) is 2. The Balaban J connectivity index is 3.10. The third kappa shape index (κ3) is 2.79. The predicted octanol–water partition coefficient (Wildman–Crippen LogP) is 1.87. The third-order valence-electron chi connectivity index (χ3n) is 2.09. The molecule has 4 nitrogen and oxygen atoms in total. The normalized spacial score (nSPS) is 11.1. The average molecular weight is 232 g/mol. The number of hydrogen-bond acceptors (Lipinski definition) is 4. The summed E-state index contributed by atoms with van der Waals surface area (Å²) in [6, 6.07) is 7.03. The van der Waals surface area contributed by atoms with Gasteiger partial charge in [-0.05, 0) is 19.1 Å². The van der Waals surface area contributed by atoms with Gasteiger partial charge in [-0.25, -0.2) is 4.39 Å². The van der Waals surface area contributed by atoms with Crippen LogP contribution in [-0.4, -0.2) is 12.6 Å². The monoisotopic (exact) mass is 232 g/mol. The first kappa shape index (κ1) is 12.7. The van der Waals surface area contributed by atoms with Crippen molar-refractivity contribution in [3.63, 3.8) is 0 Å². The van der Waals surface area contributed by atoms with Crippen molar-refractivity contribution in [2.75, 3.05) is 6.61 Å². The highest BCUT2D eigenvalue weighted by molar-refractivity contribution is 5.81. The van der Waals surface area contributed by atoms with E-state index in [0.29, 0.717) is 0 Å². The summed E-state index contributed by atoms with van der Waals surface area (Å²) in [7, 11) is 0. The fraction of sp³-hybridized carbons (Fsp3) is 0.250. The number of halogens is 1. The largest absolute Gasteiger partial charge is 0.465 e. The summed E-state index contributed by atoms with van der Waals surface area (Å²) in [5.41, 5.74) is 0.0525. The SMILES string of the molecule is CCOC(=O)C(C#N)c1ccc(C#N)cc1F. The number of rotatable bonds is 3. The van der Waals surface area contributed by atoms with Crippen LogP contribution in [0.4, 0.5) is 4.39 Å². The van der Waals surface area contributed by atoms with E-state index in [-0.39, 0.29) is 17.7 Å². The van der Waals surface area contributed by atoms with Crippen molar-refractivity contribution in [2.24, 2.45) is 0 Å². The van der Waals surface area contributed by atoms with Gasteiger partial charge in [-0.2, -0.15) is 10.5 Å². The number of nitriles is 2. The molecule has 0 saturated heterocycles. The summed E-state index contributed by atoms with van der Waals surface area (Å²) in [6.45, 7) is 1.72. The Bertz CT molecular complexity index is 514. The van der Waals surface area contributed by atoms with Crippen LogP contribution in [0.1, 0.15) is 24.0 Å².